The summed E-state index contributed by atoms with van der Waals surface area (Å²) < 4.78 is 77.6. The van der Waals surface area contributed by atoms with Gasteiger partial charge in [0.25, 0.3) is 15.9 Å². The molecule has 196 valence electrons. The molecule has 0 spiro atoms. The van der Waals surface area contributed by atoms with Crippen LogP contribution in [-0.4, -0.2) is 41.3 Å². The number of hydrazone groups is 1. The van der Waals surface area contributed by atoms with Gasteiger partial charge in [0.1, 0.15) is 6.54 Å². The number of carbonyl (C=O) groups excluding carboxylic acids is 1. The lowest BCUT2D eigenvalue weighted by atomic mass is 10.2. The number of hydrogen-bond donors (Lipinski definition) is 1. The molecule has 0 bridgehead atoms. The molecule has 37 heavy (non-hydrogen) atoms. The van der Waals surface area contributed by atoms with Crippen LogP contribution in [0.1, 0.15) is 11.1 Å². The Hall–Kier alpha value is -3.77. The number of sulfonamides is 1. The van der Waals surface area contributed by atoms with Crippen LogP contribution in [0.3, 0.4) is 0 Å². The molecule has 0 aliphatic rings. The molecule has 13 heteroatoms. The van der Waals surface area contributed by atoms with E-state index < -0.39 is 39.9 Å². The first-order valence-electron chi connectivity index (χ1n) is 10.5. The highest BCUT2D eigenvalue weighted by Crippen LogP contribution is 2.37. The van der Waals surface area contributed by atoms with E-state index in [2.05, 4.69) is 10.5 Å². The second kappa shape index (κ2) is 11.5. The van der Waals surface area contributed by atoms with Gasteiger partial charge in [-0.3, -0.25) is 9.10 Å². The maximum Gasteiger partial charge on any atom is 0.416 e. The topological polar surface area (TPSA) is 97.3 Å². The summed E-state index contributed by atoms with van der Waals surface area (Å²) in [4.78, 5) is 12.4. The van der Waals surface area contributed by atoms with Crippen molar-refractivity contribution in [3.8, 4) is 11.5 Å². The zero-order chi connectivity index (χ0) is 27.2. The number of alkyl halides is 3. The van der Waals surface area contributed by atoms with Crippen LogP contribution in [0.25, 0.3) is 0 Å². The molecule has 0 saturated heterocycles. The molecule has 0 aromatic heterocycles. The highest BCUT2D eigenvalue weighted by atomic mass is 35.5. The van der Waals surface area contributed by atoms with Gasteiger partial charge in [0.2, 0.25) is 0 Å². The Morgan fingerprint density at radius 2 is 1.70 bits per heavy atom. The highest BCUT2D eigenvalue weighted by molar-refractivity contribution is 7.92. The number of amides is 1. The maximum absolute atomic E-state index is 13.3. The van der Waals surface area contributed by atoms with Gasteiger partial charge in [0.05, 0.1) is 41.6 Å². The first kappa shape index (κ1) is 27.8. The van der Waals surface area contributed by atoms with Crippen molar-refractivity contribution in [1.82, 2.24) is 5.43 Å². The van der Waals surface area contributed by atoms with Gasteiger partial charge in [-0.15, -0.1) is 0 Å². The molecule has 0 aliphatic heterocycles. The zero-order valence-corrected chi connectivity index (χ0v) is 21.1. The summed E-state index contributed by atoms with van der Waals surface area (Å²) in [6.07, 6.45) is -3.50. The summed E-state index contributed by atoms with van der Waals surface area (Å²) in [7, 11) is -1.57. The normalized spacial score (nSPS) is 11.8. The molecule has 0 saturated carbocycles. The molecule has 0 atom stereocenters. The van der Waals surface area contributed by atoms with Crippen LogP contribution in [0.2, 0.25) is 5.02 Å². The lowest BCUT2D eigenvalue weighted by Crippen LogP contribution is -2.40. The molecule has 1 N–H and O–H groups in total. The van der Waals surface area contributed by atoms with Gasteiger partial charge in [-0.05, 0) is 54.1 Å². The average molecular weight is 556 g/mol. The van der Waals surface area contributed by atoms with Crippen LogP contribution in [-0.2, 0) is 21.0 Å². The molecule has 3 aromatic carbocycles. The molecule has 3 rings (SSSR count). The number of halogens is 4. The van der Waals surface area contributed by atoms with E-state index in [1.807, 2.05) is 0 Å². The molecule has 3 aromatic rings. The Labute approximate surface area is 216 Å². The molecule has 0 radical (unpaired) electrons. The van der Waals surface area contributed by atoms with Gasteiger partial charge in [0, 0.05) is 0 Å². The standard InChI is InChI=1S/C24H21ClF3N3O5S/c1-35-21-11-8-16(12-22(21)36-2)14-29-30-23(32)15-31(37(33,34)18-6-4-3-5-7-18)20-13-17(24(26,27)28)9-10-19(20)25/h3-14H,15H2,1-2H3,(H,30,32)/b29-14-. The number of nitrogens with zero attached hydrogens (tertiary/aromatic N) is 2. The smallest absolute Gasteiger partial charge is 0.416 e. The van der Waals surface area contributed by atoms with Crippen molar-refractivity contribution in [2.24, 2.45) is 5.10 Å². The second-order valence-corrected chi connectivity index (χ2v) is 9.67. The van der Waals surface area contributed by atoms with E-state index in [-0.39, 0.29) is 9.92 Å². The van der Waals surface area contributed by atoms with Crippen molar-refractivity contribution >= 4 is 39.4 Å². The first-order valence-corrected chi connectivity index (χ1v) is 12.3. The fourth-order valence-electron chi connectivity index (χ4n) is 3.18. The SMILES string of the molecule is COc1ccc(/C=N\NC(=O)CN(c2cc(C(F)(F)F)ccc2Cl)S(=O)(=O)c2ccccc2)cc1OC. The zero-order valence-electron chi connectivity index (χ0n) is 19.5. The molecule has 8 nitrogen and oxygen atoms in total. The number of carbonyl (C=O) groups is 1. The van der Waals surface area contributed by atoms with E-state index in [1.54, 1.807) is 24.3 Å². The summed E-state index contributed by atoms with van der Waals surface area (Å²) in [5.74, 6) is -0.0368. The molecular formula is C24H21ClF3N3O5S. The van der Waals surface area contributed by atoms with Crippen molar-refractivity contribution in [3.05, 3.63) is 82.9 Å². The number of rotatable bonds is 9. The highest BCUT2D eigenvalue weighted by Gasteiger charge is 2.34. The van der Waals surface area contributed by atoms with E-state index in [4.69, 9.17) is 21.1 Å². The third kappa shape index (κ3) is 6.71. The average Bonchev–Trinajstić information content (AvgIpc) is 2.87. The monoisotopic (exact) mass is 555 g/mol. The number of ether oxygens (including phenoxy) is 2. The van der Waals surface area contributed by atoms with Crippen LogP contribution in [0.5, 0.6) is 11.5 Å². The summed E-state index contributed by atoms with van der Waals surface area (Å²) in [5.41, 5.74) is 1.05. The van der Waals surface area contributed by atoms with Gasteiger partial charge >= 0.3 is 6.18 Å². The summed E-state index contributed by atoms with van der Waals surface area (Å²) in [6, 6.07) is 14.0. The second-order valence-electron chi connectivity index (χ2n) is 7.40. The van der Waals surface area contributed by atoms with Gasteiger partial charge in [-0.2, -0.15) is 18.3 Å². The number of anilines is 1. The summed E-state index contributed by atoms with van der Waals surface area (Å²) in [6.45, 7) is -0.901. The minimum absolute atomic E-state index is 0.245. The summed E-state index contributed by atoms with van der Waals surface area (Å²) >= 11 is 6.10. The van der Waals surface area contributed by atoms with Crippen LogP contribution in [0, 0.1) is 0 Å². The predicted molar refractivity (Wildman–Crippen MR) is 133 cm³/mol. The van der Waals surface area contributed by atoms with Gasteiger partial charge in [0.15, 0.2) is 11.5 Å². The van der Waals surface area contributed by atoms with Gasteiger partial charge in [-0.25, -0.2) is 13.8 Å². The molecule has 0 fully saturated rings. The summed E-state index contributed by atoms with van der Waals surface area (Å²) in [5, 5.41) is 3.50. The lowest BCUT2D eigenvalue weighted by molar-refractivity contribution is -0.137. The van der Waals surface area contributed by atoms with Crippen LogP contribution < -0.4 is 19.2 Å². The Morgan fingerprint density at radius 3 is 2.32 bits per heavy atom. The maximum atomic E-state index is 13.3. The molecular weight excluding hydrogens is 535 g/mol. The Morgan fingerprint density at radius 1 is 1.03 bits per heavy atom. The Balaban J connectivity index is 1.92. The molecule has 0 unspecified atom stereocenters. The largest absolute Gasteiger partial charge is 0.493 e. The quantitative estimate of drug-likeness (QED) is 0.304. The van der Waals surface area contributed by atoms with Crippen molar-refractivity contribution < 1.29 is 35.9 Å². The minimum Gasteiger partial charge on any atom is -0.493 e. The van der Waals surface area contributed by atoms with Crippen molar-refractivity contribution in [2.45, 2.75) is 11.1 Å². The van der Waals surface area contributed by atoms with E-state index >= 15 is 0 Å². The van der Waals surface area contributed by atoms with Gasteiger partial charge in [-0.1, -0.05) is 29.8 Å². The first-order chi connectivity index (χ1) is 17.5. The van der Waals surface area contributed by atoms with Crippen LogP contribution in [0.15, 0.2) is 76.7 Å². The Bertz CT molecular complexity index is 1400. The fourth-order valence-corrected chi connectivity index (χ4v) is 4.90. The van der Waals surface area contributed by atoms with E-state index in [0.29, 0.717) is 33.5 Å². The number of benzene rings is 3. The third-order valence-electron chi connectivity index (χ3n) is 4.97. The van der Waals surface area contributed by atoms with Crippen LogP contribution in [0.4, 0.5) is 18.9 Å². The fraction of sp³-hybridized carbons (Fsp3) is 0.167. The number of methoxy groups -OCH3 is 2. The van der Waals surface area contributed by atoms with Gasteiger partial charge < -0.3 is 9.47 Å². The predicted octanol–water partition coefficient (Wildman–Crippen LogP) is 4.72. The molecule has 1 amide bonds. The number of hydrogen-bond acceptors (Lipinski definition) is 6. The Kier molecular flexibility index (Phi) is 8.66. The number of nitrogens with one attached hydrogen (secondary N) is 1. The third-order valence-corrected chi connectivity index (χ3v) is 7.06. The minimum atomic E-state index is -4.77. The van der Waals surface area contributed by atoms with Crippen molar-refractivity contribution in [1.29, 1.82) is 0 Å². The van der Waals surface area contributed by atoms with Crippen molar-refractivity contribution in [2.75, 3.05) is 25.1 Å². The van der Waals surface area contributed by atoms with E-state index in [1.165, 1.54) is 44.7 Å². The van der Waals surface area contributed by atoms with E-state index in [9.17, 15) is 26.4 Å². The van der Waals surface area contributed by atoms with Crippen molar-refractivity contribution in [3.63, 3.8) is 0 Å². The molecule has 0 aliphatic carbocycles. The molecule has 0 heterocycles. The van der Waals surface area contributed by atoms with E-state index in [0.717, 1.165) is 6.07 Å². The lowest BCUT2D eigenvalue weighted by Gasteiger charge is -2.25. The van der Waals surface area contributed by atoms with Crippen LogP contribution >= 0.6 is 11.6 Å².